The van der Waals surface area contributed by atoms with Gasteiger partial charge in [0, 0.05) is 17.5 Å². The first-order chi connectivity index (χ1) is 16.0. The Labute approximate surface area is 194 Å². The molecule has 1 heterocycles. The largest absolute Gasteiger partial charge is 0.457 e. The predicted molar refractivity (Wildman–Crippen MR) is 125 cm³/mol. The highest BCUT2D eigenvalue weighted by atomic mass is 32.1. The van der Waals surface area contributed by atoms with E-state index in [0.717, 1.165) is 5.56 Å². The summed E-state index contributed by atoms with van der Waals surface area (Å²) in [5.41, 5.74) is 2.04. The van der Waals surface area contributed by atoms with Crippen LogP contribution in [0, 0.1) is 5.82 Å². The molecule has 4 rings (SSSR count). The summed E-state index contributed by atoms with van der Waals surface area (Å²) in [6.45, 7) is 0.359. The molecule has 2 N–H and O–H groups in total. The fourth-order valence-corrected chi connectivity index (χ4v) is 3.65. The number of amides is 2. The standard InChI is InChI=1S/C25H20FN3O3S/c26-19-8-12-22(13-9-19)32-21-10-6-17(7-11-21)15-27-23(30)14-20-16-33-25(28-20)29-24(31)18-4-2-1-3-5-18/h1-13,16H,14-15H2,(H,27,30)(H,28,29,31). The first kappa shape index (κ1) is 22.2. The molecule has 8 heteroatoms. The topological polar surface area (TPSA) is 80.3 Å². The maximum Gasteiger partial charge on any atom is 0.257 e. The Kier molecular flexibility index (Phi) is 7.06. The number of hydrogen-bond acceptors (Lipinski definition) is 5. The van der Waals surface area contributed by atoms with Gasteiger partial charge in [0.1, 0.15) is 17.3 Å². The highest BCUT2D eigenvalue weighted by Crippen LogP contribution is 2.22. The van der Waals surface area contributed by atoms with Crippen LogP contribution in [-0.4, -0.2) is 16.8 Å². The summed E-state index contributed by atoms with van der Waals surface area (Å²) in [4.78, 5) is 28.8. The highest BCUT2D eigenvalue weighted by Gasteiger charge is 2.11. The van der Waals surface area contributed by atoms with E-state index in [1.807, 2.05) is 18.2 Å². The number of carbonyl (C=O) groups is 2. The molecule has 4 aromatic rings. The third-order valence-electron chi connectivity index (χ3n) is 4.61. The first-order valence-electron chi connectivity index (χ1n) is 10.1. The third kappa shape index (κ3) is 6.47. The number of ether oxygens (including phenoxy) is 1. The van der Waals surface area contributed by atoms with Crippen LogP contribution >= 0.6 is 11.3 Å². The molecule has 33 heavy (non-hydrogen) atoms. The number of benzene rings is 3. The molecule has 0 saturated heterocycles. The fourth-order valence-electron chi connectivity index (χ4n) is 2.95. The van der Waals surface area contributed by atoms with E-state index >= 15 is 0 Å². The number of rotatable bonds is 8. The zero-order chi connectivity index (χ0) is 23.0. The molecule has 0 aliphatic heterocycles. The number of halogens is 1. The Morgan fingerprint density at radius 2 is 1.58 bits per heavy atom. The van der Waals surface area contributed by atoms with E-state index in [2.05, 4.69) is 15.6 Å². The molecule has 6 nitrogen and oxygen atoms in total. The van der Waals surface area contributed by atoms with Crippen LogP contribution in [0.2, 0.25) is 0 Å². The van der Waals surface area contributed by atoms with E-state index in [-0.39, 0.29) is 24.1 Å². The van der Waals surface area contributed by atoms with Crippen molar-refractivity contribution in [3.05, 3.63) is 107 Å². The molecule has 3 aromatic carbocycles. The molecule has 0 radical (unpaired) electrons. The molecule has 166 valence electrons. The lowest BCUT2D eigenvalue weighted by atomic mass is 10.2. The lowest BCUT2D eigenvalue weighted by Crippen LogP contribution is -2.24. The van der Waals surface area contributed by atoms with Crippen LogP contribution < -0.4 is 15.4 Å². The Morgan fingerprint density at radius 1 is 0.909 bits per heavy atom. The monoisotopic (exact) mass is 461 g/mol. The summed E-state index contributed by atoms with van der Waals surface area (Å²) in [7, 11) is 0. The number of nitrogens with one attached hydrogen (secondary N) is 2. The Morgan fingerprint density at radius 3 is 2.27 bits per heavy atom. The van der Waals surface area contributed by atoms with Gasteiger partial charge < -0.3 is 10.1 Å². The predicted octanol–water partition coefficient (Wildman–Crippen LogP) is 5.19. The van der Waals surface area contributed by atoms with Gasteiger partial charge in [0.05, 0.1) is 12.1 Å². The van der Waals surface area contributed by atoms with Gasteiger partial charge in [-0.2, -0.15) is 0 Å². The maximum atomic E-state index is 13.0. The summed E-state index contributed by atoms with van der Waals surface area (Å²) in [5.74, 6) is 0.421. The van der Waals surface area contributed by atoms with Crippen LogP contribution in [0.1, 0.15) is 21.6 Å². The third-order valence-corrected chi connectivity index (χ3v) is 5.42. The summed E-state index contributed by atoms with van der Waals surface area (Å²) >= 11 is 1.27. The molecular weight excluding hydrogens is 441 g/mol. The van der Waals surface area contributed by atoms with Crippen molar-refractivity contribution in [2.45, 2.75) is 13.0 Å². The van der Waals surface area contributed by atoms with Crippen LogP contribution in [0.25, 0.3) is 0 Å². The van der Waals surface area contributed by atoms with Crippen LogP contribution in [0.3, 0.4) is 0 Å². The van der Waals surface area contributed by atoms with Crippen molar-refractivity contribution in [1.82, 2.24) is 10.3 Å². The van der Waals surface area contributed by atoms with Gasteiger partial charge in [-0.15, -0.1) is 11.3 Å². The number of nitrogens with zero attached hydrogens (tertiary/aromatic N) is 1. The van der Waals surface area contributed by atoms with Gasteiger partial charge in [0.2, 0.25) is 5.91 Å². The van der Waals surface area contributed by atoms with Crippen LogP contribution in [0.4, 0.5) is 9.52 Å². The average Bonchev–Trinajstić information content (AvgIpc) is 3.27. The van der Waals surface area contributed by atoms with Gasteiger partial charge in [-0.3, -0.25) is 14.9 Å². The quantitative estimate of drug-likeness (QED) is 0.379. The zero-order valence-corrected chi connectivity index (χ0v) is 18.3. The van der Waals surface area contributed by atoms with Crippen molar-refractivity contribution < 1.29 is 18.7 Å². The highest BCUT2D eigenvalue weighted by molar-refractivity contribution is 7.14. The second kappa shape index (κ2) is 10.5. The van der Waals surface area contributed by atoms with Gasteiger partial charge >= 0.3 is 0 Å². The average molecular weight is 462 g/mol. The minimum atomic E-state index is -0.320. The van der Waals surface area contributed by atoms with E-state index in [1.165, 1.54) is 23.5 Å². The number of thiazole rings is 1. The lowest BCUT2D eigenvalue weighted by molar-refractivity contribution is -0.120. The molecule has 0 unspecified atom stereocenters. The molecule has 0 aliphatic rings. The summed E-state index contributed by atoms with van der Waals surface area (Å²) in [5, 5.41) is 7.80. The molecule has 0 fully saturated rings. The molecule has 0 bridgehead atoms. The maximum absolute atomic E-state index is 13.0. The van der Waals surface area contributed by atoms with E-state index in [0.29, 0.717) is 34.4 Å². The van der Waals surface area contributed by atoms with Gasteiger partial charge in [-0.25, -0.2) is 9.37 Å². The smallest absolute Gasteiger partial charge is 0.257 e. The SMILES string of the molecule is O=C(Cc1csc(NC(=O)c2ccccc2)n1)NCc1ccc(Oc2ccc(F)cc2)cc1. The van der Waals surface area contributed by atoms with Gasteiger partial charge in [-0.05, 0) is 54.1 Å². The normalized spacial score (nSPS) is 10.5. The Hall–Kier alpha value is -4.04. The zero-order valence-electron chi connectivity index (χ0n) is 17.5. The summed E-state index contributed by atoms with van der Waals surface area (Å²) in [6.07, 6.45) is 0.115. The lowest BCUT2D eigenvalue weighted by Gasteiger charge is -2.08. The molecule has 0 saturated carbocycles. The van der Waals surface area contributed by atoms with E-state index in [4.69, 9.17) is 4.74 Å². The summed E-state index contributed by atoms with van der Waals surface area (Å²) < 4.78 is 18.6. The molecule has 0 spiro atoms. The molecule has 0 aliphatic carbocycles. The molecule has 0 atom stereocenters. The molecule has 2 amide bonds. The van der Waals surface area contributed by atoms with Crippen LogP contribution in [0.5, 0.6) is 11.5 Å². The van der Waals surface area contributed by atoms with Crippen molar-refractivity contribution >= 4 is 28.3 Å². The fraction of sp³-hybridized carbons (Fsp3) is 0.0800. The van der Waals surface area contributed by atoms with E-state index in [1.54, 1.807) is 53.9 Å². The van der Waals surface area contributed by atoms with Crippen molar-refractivity contribution in [2.75, 3.05) is 5.32 Å². The van der Waals surface area contributed by atoms with Crippen molar-refractivity contribution in [3.63, 3.8) is 0 Å². The number of hydrogen-bond donors (Lipinski definition) is 2. The summed E-state index contributed by atoms with van der Waals surface area (Å²) in [6, 6.07) is 21.9. The first-order valence-corrected chi connectivity index (χ1v) is 11.0. The Balaban J connectivity index is 1.24. The van der Waals surface area contributed by atoms with E-state index in [9.17, 15) is 14.0 Å². The Bertz CT molecular complexity index is 1230. The minimum Gasteiger partial charge on any atom is -0.457 e. The molecule has 1 aromatic heterocycles. The molecular formula is C25H20FN3O3S. The van der Waals surface area contributed by atoms with Gasteiger partial charge in [0.25, 0.3) is 5.91 Å². The number of aromatic nitrogens is 1. The number of carbonyl (C=O) groups excluding carboxylic acids is 2. The van der Waals surface area contributed by atoms with Crippen LogP contribution in [-0.2, 0) is 17.8 Å². The van der Waals surface area contributed by atoms with Gasteiger partial charge in [-0.1, -0.05) is 30.3 Å². The minimum absolute atomic E-state index is 0.115. The van der Waals surface area contributed by atoms with Crippen LogP contribution in [0.15, 0.2) is 84.2 Å². The van der Waals surface area contributed by atoms with Crippen molar-refractivity contribution in [1.29, 1.82) is 0 Å². The van der Waals surface area contributed by atoms with Crippen molar-refractivity contribution in [3.8, 4) is 11.5 Å². The second-order valence-corrected chi connectivity index (χ2v) is 7.98. The van der Waals surface area contributed by atoms with E-state index < -0.39 is 0 Å². The number of anilines is 1. The van der Waals surface area contributed by atoms with Gasteiger partial charge in [0.15, 0.2) is 5.13 Å². The van der Waals surface area contributed by atoms with Crippen molar-refractivity contribution in [2.24, 2.45) is 0 Å². The second-order valence-electron chi connectivity index (χ2n) is 7.12.